The second kappa shape index (κ2) is 6.50. The number of ether oxygens (including phenoxy) is 1. The highest BCUT2D eigenvalue weighted by Crippen LogP contribution is 2.23. The van der Waals surface area contributed by atoms with Crippen molar-refractivity contribution >= 4 is 5.91 Å². The Morgan fingerprint density at radius 2 is 2.11 bits per heavy atom. The van der Waals surface area contributed by atoms with Gasteiger partial charge in [-0.1, -0.05) is 20.8 Å². The summed E-state index contributed by atoms with van der Waals surface area (Å²) in [6, 6.07) is 0.0628. The van der Waals surface area contributed by atoms with Gasteiger partial charge in [0.05, 0.1) is 19.1 Å². The molecular formula is C13H26N2O3. The fraction of sp³-hybridized carbons (Fsp3) is 0.923. The van der Waals surface area contributed by atoms with Crippen molar-refractivity contribution in [3.05, 3.63) is 0 Å². The standard InChI is InChI=1S/C13H26N2O3/c1-13(2,3)11(5-6-16)15-12(17)9-7-18-8-10(9)14-4/h9-11,14,16H,5-8H2,1-4H3,(H,15,17). The first-order valence-corrected chi connectivity index (χ1v) is 6.56. The molecule has 0 saturated carbocycles. The van der Waals surface area contributed by atoms with Crippen LogP contribution >= 0.6 is 0 Å². The highest BCUT2D eigenvalue weighted by atomic mass is 16.5. The van der Waals surface area contributed by atoms with Gasteiger partial charge >= 0.3 is 0 Å². The molecule has 5 nitrogen and oxygen atoms in total. The van der Waals surface area contributed by atoms with Crippen molar-refractivity contribution in [1.82, 2.24) is 10.6 Å². The van der Waals surface area contributed by atoms with E-state index < -0.39 is 0 Å². The van der Waals surface area contributed by atoms with Crippen LogP contribution in [0.4, 0.5) is 0 Å². The number of carbonyl (C=O) groups is 1. The molecule has 0 aromatic heterocycles. The zero-order valence-electron chi connectivity index (χ0n) is 11.8. The Labute approximate surface area is 109 Å². The van der Waals surface area contributed by atoms with E-state index in [1.54, 1.807) is 0 Å². The van der Waals surface area contributed by atoms with Gasteiger partial charge in [0.2, 0.25) is 5.91 Å². The summed E-state index contributed by atoms with van der Waals surface area (Å²) in [5, 5.41) is 15.2. The molecule has 0 radical (unpaired) electrons. The minimum atomic E-state index is -0.140. The summed E-state index contributed by atoms with van der Waals surface area (Å²) >= 11 is 0. The van der Waals surface area contributed by atoms with E-state index in [4.69, 9.17) is 9.84 Å². The van der Waals surface area contributed by atoms with Gasteiger partial charge in [0.1, 0.15) is 0 Å². The van der Waals surface area contributed by atoms with Crippen LogP contribution in [0.5, 0.6) is 0 Å². The number of aliphatic hydroxyl groups excluding tert-OH is 1. The van der Waals surface area contributed by atoms with Crippen LogP contribution in [0.2, 0.25) is 0 Å². The lowest BCUT2D eigenvalue weighted by molar-refractivity contribution is -0.127. The maximum absolute atomic E-state index is 12.2. The first-order valence-electron chi connectivity index (χ1n) is 6.56. The second-order valence-electron chi connectivity index (χ2n) is 5.98. The largest absolute Gasteiger partial charge is 0.396 e. The van der Waals surface area contributed by atoms with Crippen LogP contribution in [0, 0.1) is 11.3 Å². The highest BCUT2D eigenvalue weighted by molar-refractivity contribution is 5.80. The van der Waals surface area contributed by atoms with Gasteiger partial charge in [0.15, 0.2) is 0 Å². The molecule has 0 aromatic rings. The van der Waals surface area contributed by atoms with Crippen LogP contribution in [0.25, 0.3) is 0 Å². The van der Waals surface area contributed by atoms with Crippen LogP contribution < -0.4 is 10.6 Å². The molecule has 106 valence electrons. The van der Waals surface area contributed by atoms with E-state index in [0.29, 0.717) is 19.6 Å². The van der Waals surface area contributed by atoms with E-state index in [2.05, 4.69) is 31.4 Å². The summed E-state index contributed by atoms with van der Waals surface area (Å²) in [6.45, 7) is 7.32. The molecule has 5 heteroatoms. The molecular weight excluding hydrogens is 232 g/mol. The van der Waals surface area contributed by atoms with Crippen molar-refractivity contribution in [3.63, 3.8) is 0 Å². The third kappa shape index (κ3) is 3.93. The Morgan fingerprint density at radius 3 is 2.61 bits per heavy atom. The third-order valence-electron chi connectivity index (χ3n) is 3.57. The van der Waals surface area contributed by atoms with Crippen LogP contribution in [0.15, 0.2) is 0 Å². The second-order valence-corrected chi connectivity index (χ2v) is 5.98. The molecule has 1 aliphatic rings. The van der Waals surface area contributed by atoms with E-state index in [9.17, 15) is 4.79 Å². The lowest BCUT2D eigenvalue weighted by Gasteiger charge is -2.32. The predicted molar refractivity (Wildman–Crippen MR) is 70.2 cm³/mol. The smallest absolute Gasteiger partial charge is 0.227 e. The van der Waals surface area contributed by atoms with Crippen LogP contribution in [0.3, 0.4) is 0 Å². The summed E-state index contributed by atoms with van der Waals surface area (Å²) < 4.78 is 5.34. The Balaban J connectivity index is 2.61. The monoisotopic (exact) mass is 258 g/mol. The van der Waals surface area contributed by atoms with Gasteiger partial charge in [-0.3, -0.25) is 4.79 Å². The van der Waals surface area contributed by atoms with Gasteiger partial charge < -0.3 is 20.5 Å². The zero-order valence-corrected chi connectivity index (χ0v) is 11.8. The van der Waals surface area contributed by atoms with Gasteiger partial charge in [-0.2, -0.15) is 0 Å². The van der Waals surface area contributed by atoms with Crippen molar-refractivity contribution in [2.45, 2.75) is 39.3 Å². The SMILES string of the molecule is CNC1COCC1C(=O)NC(CCO)C(C)(C)C. The van der Waals surface area contributed by atoms with Crippen LogP contribution in [0.1, 0.15) is 27.2 Å². The fourth-order valence-corrected chi connectivity index (χ4v) is 2.23. The molecule has 1 aliphatic heterocycles. The molecule has 1 heterocycles. The van der Waals surface area contributed by atoms with Gasteiger partial charge in [-0.25, -0.2) is 0 Å². The maximum Gasteiger partial charge on any atom is 0.227 e. The minimum absolute atomic E-state index is 0.0141. The summed E-state index contributed by atoms with van der Waals surface area (Å²) in [6.07, 6.45) is 0.576. The molecule has 0 aliphatic carbocycles. The van der Waals surface area contributed by atoms with Crippen molar-refractivity contribution in [2.24, 2.45) is 11.3 Å². The molecule has 3 N–H and O–H groups in total. The van der Waals surface area contributed by atoms with E-state index in [-0.39, 0.29) is 35.9 Å². The number of nitrogens with one attached hydrogen (secondary N) is 2. The molecule has 1 fully saturated rings. The van der Waals surface area contributed by atoms with Crippen molar-refractivity contribution < 1.29 is 14.6 Å². The normalized spacial score (nSPS) is 26.1. The number of likely N-dealkylation sites (N-methyl/N-ethyl adjacent to an activating group) is 1. The van der Waals surface area contributed by atoms with E-state index >= 15 is 0 Å². The summed E-state index contributed by atoms with van der Waals surface area (Å²) in [5.41, 5.74) is -0.0625. The van der Waals surface area contributed by atoms with Crippen LogP contribution in [-0.2, 0) is 9.53 Å². The minimum Gasteiger partial charge on any atom is -0.396 e. The number of hydrogen-bond donors (Lipinski definition) is 3. The van der Waals surface area contributed by atoms with Crippen molar-refractivity contribution in [1.29, 1.82) is 0 Å². The molecule has 1 amide bonds. The molecule has 1 saturated heterocycles. The molecule has 0 spiro atoms. The maximum atomic E-state index is 12.2. The first kappa shape index (κ1) is 15.4. The Kier molecular flexibility index (Phi) is 5.56. The van der Waals surface area contributed by atoms with Crippen LogP contribution in [-0.4, -0.2) is 50.0 Å². The fourth-order valence-electron chi connectivity index (χ4n) is 2.23. The number of rotatable bonds is 5. The average molecular weight is 258 g/mol. The zero-order chi connectivity index (χ0) is 13.8. The molecule has 0 aromatic carbocycles. The van der Waals surface area contributed by atoms with Crippen molar-refractivity contribution in [2.75, 3.05) is 26.9 Å². The lowest BCUT2D eigenvalue weighted by atomic mass is 9.84. The molecule has 0 bridgehead atoms. The summed E-state index contributed by atoms with van der Waals surface area (Å²) in [7, 11) is 1.84. The average Bonchev–Trinajstić information content (AvgIpc) is 2.75. The van der Waals surface area contributed by atoms with E-state index in [1.807, 2.05) is 7.05 Å². The number of carbonyl (C=O) groups excluding carboxylic acids is 1. The first-order chi connectivity index (χ1) is 8.40. The predicted octanol–water partition coefficient (Wildman–Crippen LogP) is 0.134. The Bertz CT molecular complexity index is 276. The summed E-state index contributed by atoms with van der Waals surface area (Å²) in [4.78, 5) is 12.2. The molecule has 1 rings (SSSR count). The van der Waals surface area contributed by atoms with Gasteiger partial charge in [0.25, 0.3) is 0 Å². The lowest BCUT2D eigenvalue weighted by Crippen LogP contribution is -2.50. The highest BCUT2D eigenvalue weighted by Gasteiger charge is 2.35. The molecule has 3 atom stereocenters. The Morgan fingerprint density at radius 1 is 1.44 bits per heavy atom. The number of aliphatic hydroxyl groups is 1. The van der Waals surface area contributed by atoms with Gasteiger partial charge in [-0.05, 0) is 18.9 Å². The number of hydrogen-bond acceptors (Lipinski definition) is 4. The quantitative estimate of drug-likeness (QED) is 0.656. The van der Waals surface area contributed by atoms with E-state index in [1.165, 1.54) is 0 Å². The topological polar surface area (TPSA) is 70.6 Å². The van der Waals surface area contributed by atoms with E-state index in [0.717, 1.165) is 0 Å². The van der Waals surface area contributed by atoms with Gasteiger partial charge in [-0.15, -0.1) is 0 Å². The Hall–Kier alpha value is -0.650. The van der Waals surface area contributed by atoms with Gasteiger partial charge in [0, 0.05) is 18.7 Å². The number of amides is 1. The molecule has 18 heavy (non-hydrogen) atoms. The molecule has 3 unspecified atom stereocenters. The van der Waals surface area contributed by atoms with Crippen molar-refractivity contribution in [3.8, 4) is 0 Å². The third-order valence-corrected chi connectivity index (χ3v) is 3.57. The summed E-state index contributed by atoms with van der Waals surface area (Å²) in [5.74, 6) is -0.126.